The molecule has 2 aromatic carbocycles. The molecule has 0 unspecified atom stereocenters. The monoisotopic (exact) mass is 556 g/mol. The van der Waals surface area contributed by atoms with Crippen LogP contribution in [-0.2, 0) is 21.0 Å². The maximum Gasteiger partial charge on any atom is 0.254 e. The molecule has 2 fully saturated rings. The molecule has 0 N–H and O–H groups in total. The summed E-state index contributed by atoms with van der Waals surface area (Å²) < 4.78 is 12.5. The number of benzene rings is 2. The lowest BCUT2D eigenvalue weighted by Crippen LogP contribution is -2.40. The molecule has 37 heavy (non-hydrogen) atoms. The van der Waals surface area contributed by atoms with Crippen molar-refractivity contribution >= 4 is 46.7 Å². The number of amides is 2. The zero-order chi connectivity index (χ0) is 25.5. The van der Waals surface area contributed by atoms with Crippen molar-refractivity contribution in [1.29, 1.82) is 0 Å². The first-order valence-electron chi connectivity index (χ1n) is 12.2. The highest BCUT2D eigenvalue weighted by atomic mass is 32.2. The maximum atomic E-state index is 12.6. The van der Waals surface area contributed by atoms with Crippen LogP contribution in [0.25, 0.3) is 0 Å². The van der Waals surface area contributed by atoms with Crippen LogP contribution in [0, 0.1) is 0 Å². The van der Waals surface area contributed by atoms with E-state index < -0.39 is 0 Å². The van der Waals surface area contributed by atoms with Crippen molar-refractivity contribution in [1.82, 2.24) is 20.0 Å². The van der Waals surface area contributed by atoms with Crippen molar-refractivity contribution in [3.63, 3.8) is 0 Å². The Bertz CT molecular complexity index is 1100. The molecule has 3 aromatic rings. The fourth-order valence-electron chi connectivity index (χ4n) is 3.99. The standard InChI is InChI=1S/C26H28N4O4S3/c31-23(29-9-13-33-14-10-29)21-5-1-19(2-6-21)17-35-25-27-28-26(37-25)36-18-20-3-7-22(8-4-20)24(32)30-11-15-34-16-12-30/h1-8H,9-18H2. The van der Waals surface area contributed by atoms with Gasteiger partial charge in [0.2, 0.25) is 0 Å². The van der Waals surface area contributed by atoms with Gasteiger partial charge in [-0.15, -0.1) is 10.2 Å². The summed E-state index contributed by atoms with van der Waals surface area (Å²) >= 11 is 4.87. The van der Waals surface area contributed by atoms with Gasteiger partial charge in [-0.05, 0) is 35.4 Å². The Kier molecular flexibility index (Phi) is 9.11. The normalized spacial score (nSPS) is 16.1. The van der Waals surface area contributed by atoms with E-state index in [4.69, 9.17) is 9.47 Å². The highest BCUT2D eigenvalue weighted by molar-refractivity contribution is 8.02. The smallest absolute Gasteiger partial charge is 0.254 e. The first kappa shape index (κ1) is 26.2. The lowest BCUT2D eigenvalue weighted by Gasteiger charge is -2.26. The molecule has 0 aliphatic carbocycles. The van der Waals surface area contributed by atoms with Crippen molar-refractivity contribution in [2.24, 2.45) is 0 Å². The number of ether oxygens (including phenoxy) is 2. The summed E-state index contributed by atoms with van der Waals surface area (Å²) in [5.74, 6) is 1.66. The van der Waals surface area contributed by atoms with E-state index in [1.807, 2.05) is 58.3 Å². The van der Waals surface area contributed by atoms with Crippen molar-refractivity contribution in [2.45, 2.75) is 20.2 Å². The predicted octanol–water partition coefficient (Wildman–Crippen LogP) is 4.07. The van der Waals surface area contributed by atoms with Crippen molar-refractivity contribution in [2.75, 3.05) is 52.6 Å². The van der Waals surface area contributed by atoms with Gasteiger partial charge >= 0.3 is 0 Å². The molecule has 11 heteroatoms. The second-order valence-corrected chi connectivity index (χ2v) is 12.0. The number of carbonyl (C=O) groups is 2. The average Bonchev–Trinajstić information content (AvgIpc) is 3.43. The Balaban J connectivity index is 1.07. The Morgan fingerprint density at radius 2 is 1.05 bits per heavy atom. The van der Waals surface area contributed by atoms with E-state index in [1.165, 1.54) is 0 Å². The average molecular weight is 557 g/mol. The minimum absolute atomic E-state index is 0.0617. The van der Waals surface area contributed by atoms with Gasteiger partial charge in [0.05, 0.1) is 26.4 Å². The van der Waals surface area contributed by atoms with Crippen LogP contribution < -0.4 is 0 Å². The molecule has 2 aliphatic rings. The number of nitrogens with zero attached hydrogens (tertiary/aromatic N) is 4. The summed E-state index contributed by atoms with van der Waals surface area (Å²) in [6.07, 6.45) is 0. The summed E-state index contributed by atoms with van der Waals surface area (Å²) in [5.41, 5.74) is 3.70. The van der Waals surface area contributed by atoms with Crippen LogP contribution in [0.1, 0.15) is 31.8 Å². The van der Waals surface area contributed by atoms with Gasteiger partial charge in [-0.25, -0.2) is 0 Å². The Hall–Kier alpha value is -2.44. The lowest BCUT2D eigenvalue weighted by molar-refractivity contribution is 0.0301. The van der Waals surface area contributed by atoms with Crippen molar-refractivity contribution in [3.05, 3.63) is 70.8 Å². The third-order valence-corrected chi connectivity index (χ3v) is 9.44. The summed E-state index contributed by atoms with van der Waals surface area (Å²) in [6.45, 7) is 5.00. The van der Waals surface area contributed by atoms with E-state index in [2.05, 4.69) is 10.2 Å². The van der Waals surface area contributed by atoms with Gasteiger partial charge in [0.15, 0.2) is 8.68 Å². The predicted molar refractivity (Wildman–Crippen MR) is 145 cm³/mol. The van der Waals surface area contributed by atoms with Crippen LogP contribution in [0.15, 0.2) is 57.2 Å². The van der Waals surface area contributed by atoms with E-state index in [9.17, 15) is 9.59 Å². The molecule has 0 bridgehead atoms. The van der Waals surface area contributed by atoms with Crippen LogP contribution in [0.5, 0.6) is 0 Å². The van der Waals surface area contributed by atoms with Gasteiger partial charge in [-0.1, -0.05) is 59.1 Å². The molecule has 0 saturated carbocycles. The van der Waals surface area contributed by atoms with Gasteiger partial charge in [-0.2, -0.15) is 0 Å². The second-order valence-electron chi connectivity index (χ2n) is 8.61. The zero-order valence-electron chi connectivity index (χ0n) is 20.3. The molecule has 8 nitrogen and oxygen atoms in total. The Labute approximate surface area is 228 Å². The van der Waals surface area contributed by atoms with Crippen LogP contribution in [0.3, 0.4) is 0 Å². The van der Waals surface area contributed by atoms with Gasteiger partial charge in [0.25, 0.3) is 11.8 Å². The molecule has 194 valence electrons. The molecule has 0 atom stereocenters. The van der Waals surface area contributed by atoms with Crippen molar-refractivity contribution in [3.8, 4) is 0 Å². The highest BCUT2D eigenvalue weighted by Gasteiger charge is 2.19. The summed E-state index contributed by atoms with van der Waals surface area (Å²) in [5, 5.41) is 8.63. The van der Waals surface area contributed by atoms with Gasteiger partial charge in [0, 0.05) is 48.8 Å². The summed E-state index contributed by atoms with van der Waals surface area (Å²) in [6, 6.07) is 15.6. The Morgan fingerprint density at radius 3 is 1.43 bits per heavy atom. The first-order valence-corrected chi connectivity index (χ1v) is 15.0. The highest BCUT2D eigenvalue weighted by Crippen LogP contribution is 2.32. The van der Waals surface area contributed by atoms with Crippen molar-refractivity contribution < 1.29 is 19.1 Å². The minimum atomic E-state index is 0.0617. The fraction of sp³-hybridized carbons (Fsp3) is 0.385. The Morgan fingerprint density at radius 1 is 0.676 bits per heavy atom. The van der Waals surface area contributed by atoms with Gasteiger partial charge in [-0.3, -0.25) is 9.59 Å². The van der Waals surface area contributed by atoms with E-state index >= 15 is 0 Å². The molecule has 1 aromatic heterocycles. The quantitative estimate of drug-likeness (QED) is 0.384. The number of morpholine rings is 2. The minimum Gasteiger partial charge on any atom is -0.378 e. The molecular weight excluding hydrogens is 529 g/mol. The fourth-order valence-corrected chi connectivity index (χ4v) is 6.92. The van der Waals surface area contributed by atoms with E-state index in [-0.39, 0.29) is 11.8 Å². The number of carbonyl (C=O) groups excluding carboxylic acids is 2. The SMILES string of the molecule is O=C(c1ccc(CSc2nnc(SCc3ccc(C(=O)N4CCOCC4)cc3)s2)cc1)N1CCOCC1. The van der Waals surface area contributed by atoms with Gasteiger partial charge < -0.3 is 19.3 Å². The summed E-state index contributed by atoms with van der Waals surface area (Å²) in [7, 11) is 0. The molecule has 2 amide bonds. The first-order chi connectivity index (χ1) is 18.2. The van der Waals surface area contributed by atoms with Crippen LogP contribution in [0.4, 0.5) is 0 Å². The van der Waals surface area contributed by atoms with Crippen LogP contribution >= 0.6 is 34.9 Å². The van der Waals surface area contributed by atoms with Crippen LogP contribution in [0.2, 0.25) is 0 Å². The maximum absolute atomic E-state index is 12.6. The molecule has 5 rings (SSSR count). The number of rotatable bonds is 8. The topological polar surface area (TPSA) is 84.9 Å². The van der Waals surface area contributed by atoms with Crippen LogP contribution in [-0.4, -0.2) is 84.4 Å². The molecule has 0 radical (unpaired) electrons. The second kappa shape index (κ2) is 12.9. The number of hydrogen-bond donors (Lipinski definition) is 0. The van der Waals surface area contributed by atoms with Gasteiger partial charge in [0.1, 0.15) is 0 Å². The molecule has 2 aliphatic heterocycles. The largest absolute Gasteiger partial charge is 0.378 e. The summed E-state index contributed by atoms with van der Waals surface area (Å²) in [4.78, 5) is 28.9. The lowest BCUT2D eigenvalue weighted by atomic mass is 10.1. The third-order valence-electron chi connectivity index (χ3n) is 6.11. The third kappa shape index (κ3) is 7.11. The number of hydrogen-bond acceptors (Lipinski definition) is 9. The molecule has 0 spiro atoms. The molecule has 2 saturated heterocycles. The molecular formula is C26H28N4O4S3. The zero-order valence-corrected chi connectivity index (χ0v) is 22.8. The van der Waals surface area contributed by atoms with E-state index in [0.717, 1.165) is 31.3 Å². The van der Waals surface area contributed by atoms with E-state index in [1.54, 1.807) is 34.9 Å². The molecule has 3 heterocycles. The van der Waals surface area contributed by atoms with E-state index in [0.29, 0.717) is 63.7 Å². The number of aromatic nitrogens is 2. The number of thioether (sulfide) groups is 2.